The van der Waals surface area contributed by atoms with Crippen molar-refractivity contribution in [3.05, 3.63) is 47.4 Å². The summed E-state index contributed by atoms with van der Waals surface area (Å²) >= 11 is 0. The first-order chi connectivity index (χ1) is 14.3. The minimum Gasteiger partial charge on any atom is -0.340 e. The lowest BCUT2D eigenvalue weighted by molar-refractivity contribution is 0.101. The Morgan fingerprint density at radius 1 is 1.30 bits per heavy atom. The average Bonchev–Trinajstić information content (AvgIpc) is 3.43. The first-order valence-corrected chi connectivity index (χ1v) is 11.1. The number of imidazole rings is 1. The third-order valence-corrected chi connectivity index (χ3v) is 6.11. The van der Waals surface area contributed by atoms with Crippen LogP contribution in [0.2, 0.25) is 0 Å². The lowest BCUT2D eigenvalue weighted by Crippen LogP contribution is -2.20. The third kappa shape index (κ3) is 4.11. The SMILES string of the molecule is CCCS(=O)(=O)Nc1ccc(F)c(C(=O)Nc2cnc3nc(C4CC4)[nH]c3c2)c1F. The highest BCUT2D eigenvalue weighted by molar-refractivity contribution is 7.92. The Labute approximate surface area is 171 Å². The summed E-state index contributed by atoms with van der Waals surface area (Å²) in [7, 11) is -3.81. The lowest BCUT2D eigenvalue weighted by Gasteiger charge is -2.12. The number of fused-ring (bicyclic) bond motifs is 1. The first kappa shape index (κ1) is 20.2. The number of hydrogen-bond acceptors (Lipinski definition) is 5. The van der Waals surface area contributed by atoms with Crippen molar-refractivity contribution >= 4 is 38.5 Å². The molecule has 3 aromatic rings. The Hall–Kier alpha value is -3.08. The van der Waals surface area contributed by atoms with Gasteiger partial charge in [0.1, 0.15) is 17.2 Å². The maximum absolute atomic E-state index is 14.7. The number of rotatable bonds is 7. The predicted molar refractivity (Wildman–Crippen MR) is 108 cm³/mol. The maximum atomic E-state index is 14.7. The van der Waals surface area contributed by atoms with Crippen LogP contribution in [0.5, 0.6) is 0 Å². The van der Waals surface area contributed by atoms with E-state index in [2.05, 4.69) is 20.3 Å². The number of pyridine rings is 1. The summed E-state index contributed by atoms with van der Waals surface area (Å²) in [6.45, 7) is 1.65. The average molecular weight is 435 g/mol. The molecule has 1 aromatic carbocycles. The molecule has 0 saturated heterocycles. The molecular formula is C19H19F2N5O3S. The summed E-state index contributed by atoms with van der Waals surface area (Å²) in [5.74, 6) is -2.49. The Balaban J connectivity index is 1.59. The molecule has 4 rings (SSSR count). The molecule has 11 heteroatoms. The number of aromatic amines is 1. The number of H-pyrrole nitrogens is 1. The molecule has 0 radical (unpaired) electrons. The van der Waals surface area contributed by atoms with Crippen LogP contribution in [0.4, 0.5) is 20.2 Å². The van der Waals surface area contributed by atoms with E-state index in [1.54, 1.807) is 13.0 Å². The van der Waals surface area contributed by atoms with E-state index in [0.29, 0.717) is 23.5 Å². The molecule has 3 N–H and O–H groups in total. The number of benzene rings is 1. The number of carbonyl (C=O) groups is 1. The number of amides is 1. The molecule has 30 heavy (non-hydrogen) atoms. The summed E-state index contributed by atoms with van der Waals surface area (Å²) in [4.78, 5) is 24.2. The van der Waals surface area contributed by atoms with Gasteiger partial charge in [0.2, 0.25) is 10.0 Å². The van der Waals surface area contributed by atoms with Gasteiger partial charge < -0.3 is 10.3 Å². The van der Waals surface area contributed by atoms with Crippen molar-refractivity contribution in [2.24, 2.45) is 0 Å². The zero-order valence-corrected chi connectivity index (χ0v) is 16.8. The van der Waals surface area contributed by atoms with Gasteiger partial charge >= 0.3 is 0 Å². The van der Waals surface area contributed by atoms with Crippen molar-refractivity contribution in [1.82, 2.24) is 15.0 Å². The molecule has 0 aliphatic heterocycles. The van der Waals surface area contributed by atoms with Gasteiger partial charge in [0, 0.05) is 5.92 Å². The highest BCUT2D eigenvalue weighted by Crippen LogP contribution is 2.39. The van der Waals surface area contributed by atoms with Crippen LogP contribution in [0.25, 0.3) is 11.2 Å². The van der Waals surface area contributed by atoms with Gasteiger partial charge in [-0.05, 0) is 37.5 Å². The number of nitrogens with one attached hydrogen (secondary N) is 3. The number of anilines is 2. The fourth-order valence-corrected chi connectivity index (χ4v) is 4.19. The normalized spacial score (nSPS) is 14.1. The molecule has 158 valence electrons. The Morgan fingerprint density at radius 2 is 2.07 bits per heavy atom. The Bertz CT molecular complexity index is 1240. The number of carbonyl (C=O) groups excluding carboxylic acids is 1. The van der Waals surface area contributed by atoms with E-state index in [4.69, 9.17) is 0 Å². The topological polar surface area (TPSA) is 117 Å². The van der Waals surface area contributed by atoms with Crippen LogP contribution >= 0.6 is 0 Å². The molecule has 2 heterocycles. The zero-order valence-electron chi connectivity index (χ0n) is 16.0. The minimum atomic E-state index is -3.81. The molecule has 0 atom stereocenters. The number of sulfonamides is 1. The molecule has 1 aliphatic carbocycles. The molecule has 0 spiro atoms. The van der Waals surface area contributed by atoms with Crippen LogP contribution in [0.15, 0.2) is 24.4 Å². The van der Waals surface area contributed by atoms with E-state index >= 15 is 0 Å². The van der Waals surface area contributed by atoms with Gasteiger partial charge in [-0.2, -0.15) is 0 Å². The summed E-state index contributed by atoms with van der Waals surface area (Å²) in [5.41, 5.74) is -0.0909. The van der Waals surface area contributed by atoms with E-state index in [-0.39, 0.29) is 11.4 Å². The van der Waals surface area contributed by atoms with Crippen molar-refractivity contribution in [3.8, 4) is 0 Å². The smallest absolute Gasteiger partial charge is 0.261 e. The Kier molecular flexibility index (Phi) is 5.14. The van der Waals surface area contributed by atoms with Gasteiger partial charge in [-0.15, -0.1) is 0 Å². The largest absolute Gasteiger partial charge is 0.340 e. The number of aromatic nitrogens is 3. The molecule has 0 unspecified atom stereocenters. The summed E-state index contributed by atoms with van der Waals surface area (Å²) in [6, 6.07) is 3.34. The maximum Gasteiger partial charge on any atom is 0.261 e. The molecule has 1 amide bonds. The number of nitrogens with zero attached hydrogens (tertiary/aromatic N) is 2. The van der Waals surface area contributed by atoms with Gasteiger partial charge in [-0.25, -0.2) is 27.2 Å². The van der Waals surface area contributed by atoms with Crippen LogP contribution in [0.3, 0.4) is 0 Å². The van der Waals surface area contributed by atoms with Crippen molar-refractivity contribution < 1.29 is 22.0 Å². The van der Waals surface area contributed by atoms with E-state index in [1.165, 1.54) is 6.20 Å². The molecule has 1 fully saturated rings. The van der Waals surface area contributed by atoms with Crippen molar-refractivity contribution in [3.63, 3.8) is 0 Å². The second kappa shape index (κ2) is 7.63. The highest BCUT2D eigenvalue weighted by Gasteiger charge is 2.27. The standard InChI is InChI=1S/C19H19F2N5O3S/c1-2-7-30(28,29)26-13-6-5-12(20)15(16(13)21)19(27)23-11-8-14-18(22-9-11)25-17(24-14)10-3-4-10/h5-6,8-10,26H,2-4,7H2,1H3,(H,23,27)(H,22,24,25). The molecule has 8 nitrogen and oxygen atoms in total. The Morgan fingerprint density at radius 3 is 2.77 bits per heavy atom. The van der Waals surface area contributed by atoms with Gasteiger partial charge in [-0.3, -0.25) is 9.52 Å². The zero-order chi connectivity index (χ0) is 21.5. The van der Waals surface area contributed by atoms with Gasteiger partial charge in [-0.1, -0.05) is 6.92 Å². The number of halogens is 2. The second-order valence-corrected chi connectivity index (χ2v) is 8.99. The molecule has 1 saturated carbocycles. The van der Waals surface area contributed by atoms with Crippen LogP contribution in [-0.4, -0.2) is 35.0 Å². The molecule has 1 aliphatic rings. The second-order valence-electron chi connectivity index (χ2n) is 7.15. The van der Waals surface area contributed by atoms with Gasteiger partial charge in [0.25, 0.3) is 5.91 Å². The van der Waals surface area contributed by atoms with E-state index in [1.807, 2.05) is 4.72 Å². The predicted octanol–water partition coefficient (Wildman–Crippen LogP) is 3.52. The van der Waals surface area contributed by atoms with E-state index in [0.717, 1.165) is 30.8 Å². The summed E-state index contributed by atoms with van der Waals surface area (Å²) in [6.07, 6.45) is 3.76. The fourth-order valence-electron chi connectivity index (χ4n) is 3.06. The van der Waals surface area contributed by atoms with E-state index < -0.39 is 38.8 Å². The van der Waals surface area contributed by atoms with Crippen molar-refractivity contribution in [2.75, 3.05) is 15.8 Å². The van der Waals surface area contributed by atoms with Gasteiger partial charge in [0.05, 0.1) is 28.8 Å². The lowest BCUT2D eigenvalue weighted by atomic mass is 10.1. The fraction of sp³-hybridized carbons (Fsp3) is 0.316. The van der Waals surface area contributed by atoms with Crippen LogP contribution in [0, 0.1) is 11.6 Å². The number of hydrogen-bond donors (Lipinski definition) is 3. The van der Waals surface area contributed by atoms with Crippen LogP contribution in [-0.2, 0) is 10.0 Å². The van der Waals surface area contributed by atoms with E-state index in [9.17, 15) is 22.0 Å². The summed E-state index contributed by atoms with van der Waals surface area (Å²) < 4.78 is 54.8. The monoisotopic (exact) mass is 435 g/mol. The van der Waals surface area contributed by atoms with Crippen molar-refractivity contribution in [2.45, 2.75) is 32.1 Å². The quantitative estimate of drug-likeness (QED) is 0.525. The van der Waals surface area contributed by atoms with Crippen LogP contribution in [0.1, 0.15) is 48.3 Å². The molecular weight excluding hydrogens is 416 g/mol. The molecule has 0 bridgehead atoms. The minimum absolute atomic E-state index is 0.217. The first-order valence-electron chi connectivity index (χ1n) is 9.43. The van der Waals surface area contributed by atoms with Crippen molar-refractivity contribution in [1.29, 1.82) is 0 Å². The van der Waals surface area contributed by atoms with Gasteiger partial charge in [0.15, 0.2) is 11.5 Å². The van der Waals surface area contributed by atoms with Crippen LogP contribution < -0.4 is 10.0 Å². The third-order valence-electron chi connectivity index (χ3n) is 4.63. The summed E-state index contributed by atoms with van der Waals surface area (Å²) in [5, 5.41) is 2.39. The highest BCUT2D eigenvalue weighted by atomic mass is 32.2. The molecule has 2 aromatic heterocycles.